The van der Waals surface area contributed by atoms with E-state index in [9.17, 15) is 13.2 Å². The molecule has 0 aliphatic rings. The van der Waals surface area contributed by atoms with Crippen LogP contribution in [0.2, 0.25) is 0 Å². The second kappa shape index (κ2) is 5.17. The van der Waals surface area contributed by atoms with Crippen LogP contribution in [0, 0.1) is 0 Å². The van der Waals surface area contributed by atoms with Crippen molar-refractivity contribution in [1.29, 1.82) is 0 Å². The molecule has 0 atom stereocenters. The van der Waals surface area contributed by atoms with Gasteiger partial charge in [0.2, 0.25) is 0 Å². The molecule has 0 saturated carbocycles. The molecule has 19 heavy (non-hydrogen) atoms. The number of hydrogen-bond donors (Lipinski definition) is 2. The molecule has 0 radical (unpaired) electrons. The molecule has 0 aliphatic heterocycles. The first-order valence-corrected chi connectivity index (χ1v) is 5.57. The molecule has 0 bridgehead atoms. The number of alkyl halides is 3. The lowest BCUT2D eigenvalue weighted by Gasteiger charge is -2.09. The maximum atomic E-state index is 12.4. The summed E-state index contributed by atoms with van der Waals surface area (Å²) in [6, 6.07) is 8.30. The summed E-state index contributed by atoms with van der Waals surface area (Å²) in [5, 5.41) is 2.99. The van der Waals surface area contributed by atoms with Gasteiger partial charge in [-0.05, 0) is 23.8 Å². The molecule has 0 unspecified atom stereocenters. The molecule has 0 fully saturated rings. The van der Waals surface area contributed by atoms with E-state index in [-0.39, 0.29) is 0 Å². The summed E-state index contributed by atoms with van der Waals surface area (Å²) in [4.78, 5) is 4.04. The van der Waals surface area contributed by atoms with Crippen LogP contribution in [0.4, 0.5) is 24.7 Å². The monoisotopic (exact) mass is 267 g/mol. The van der Waals surface area contributed by atoms with Crippen molar-refractivity contribution in [2.75, 3.05) is 11.1 Å². The molecule has 6 heteroatoms. The molecule has 1 aromatic carbocycles. The van der Waals surface area contributed by atoms with Crippen molar-refractivity contribution in [3.8, 4) is 0 Å². The standard InChI is InChI=1S/C13H12F3N3/c14-13(15,16)10-3-1-9(2-4-10)8-19-12-7-11(17)5-6-18-12/h1-7H,8H2,(H3,17,18,19). The summed E-state index contributed by atoms with van der Waals surface area (Å²) in [6.45, 7) is 0.384. The van der Waals surface area contributed by atoms with Gasteiger partial charge < -0.3 is 11.1 Å². The fourth-order valence-electron chi connectivity index (χ4n) is 1.55. The van der Waals surface area contributed by atoms with Gasteiger partial charge >= 0.3 is 6.18 Å². The van der Waals surface area contributed by atoms with Crippen molar-refractivity contribution < 1.29 is 13.2 Å². The van der Waals surface area contributed by atoms with Gasteiger partial charge in [-0.15, -0.1) is 0 Å². The molecule has 0 saturated heterocycles. The Bertz CT molecular complexity index is 550. The molecule has 0 amide bonds. The van der Waals surface area contributed by atoms with Crippen LogP contribution in [0.5, 0.6) is 0 Å². The van der Waals surface area contributed by atoms with Crippen molar-refractivity contribution in [2.45, 2.75) is 12.7 Å². The lowest BCUT2D eigenvalue weighted by molar-refractivity contribution is -0.137. The Morgan fingerprint density at radius 2 is 1.79 bits per heavy atom. The molecular formula is C13H12F3N3. The Kier molecular flexibility index (Phi) is 3.59. The third-order valence-electron chi connectivity index (χ3n) is 2.54. The summed E-state index contributed by atoms with van der Waals surface area (Å²) in [5.74, 6) is 0.583. The van der Waals surface area contributed by atoms with Gasteiger partial charge in [0.15, 0.2) is 0 Å². The van der Waals surface area contributed by atoms with Crippen LogP contribution in [0.3, 0.4) is 0 Å². The fourth-order valence-corrected chi connectivity index (χ4v) is 1.55. The van der Waals surface area contributed by atoms with Crippen LogP contribution in [-0.2, 0) is 12.7 Å². The maximum absolute atomic E-state index is 12.4. The molecule has 0 spiro atoms. The lowest BCUT2D eigenvalue weighted by Crippen LogP contribution is -2.06. The Morgan fingerprint density at radius 1 is 1.11 bits per heavy atom. The fraction of sp³-hybridized carbons (Fsp3) is 0.154. The third-order valence-corrected chi connectivity index (χ3v) is 2.54. The highest BCUT2D eigenvalue weighted by Crippen LogP contribution is 2.29. The number of aromatic nitrogens is 1. The largest absolute Gasteiger partial charge is 0.416 e. The predicted molar refractivity (Wildman–Crippen MR) is 67.4 cm³/mol. The number of pyridine rings is 1. The van der Waals surface area contributed by atoms with E-state index < -0.39 is 11.7 Å². The number of hydrogen-bond acceptors (Lipinski definition) is 3. The SMILES string of the molecule is Nc1ccnc(NCc2ccc(C(F)(F)F)cc2)c1. The number of nitrogens with zero attached hydrogens (tertiary/aromatic N) is 1. The molecule has 0 aliphatic carbocycles. The lowest BCUT2D eigenvalue weighted by atomic mass is 10.1. The van der Waals surface area contributed by atoms with Gasteiger partial charge in [0.05, 0.1) is 5.56 Å². The summed E-state index contributed by atoms with van der Waals surface area (Å²) in [5.41, 5.74) is 6.24. The van der Waals surface area contributed by atoms with E-state index in [1.54, 1.807) is 18.3 Å². The number of halogens is 3. The minimum atomic E-state index is -4.30. The minimum Gasteiger partial charge on any atom is -0.399 e. The summed E-state index contributed by atoms with van der Waals surface area (Å²) < 4.78 is 37.1. The molecule has 2 rings (SSSR count). The first-order valence-electron chi connectivity index (χ1n) is 5.57. The van der Waals surface area contributed by atoms with Gasteiger partial charge in [-0.25, -0.2) is 4.98 Å². The number of rotatable bonds is 3. The molecular weight excluding hydrogens is 255 g/mol. The van der Waals surface area contributed by atoms with Gasteiger partial charge in [-0.2, -0.15) is 13.2 Å². The van der Waals surface area contributed by atoms with Crippen molar-refractivity contribution >= 4 is 11.5 Å². The number of nitrogens with two attached hydrogens (primary N) is 1. The van der Waals surface area contributed by atoms with E-state index >= 15 is 0 Å². The van der Waals surface area contributed by atoms with Crippen LogP contribution in [0.15, 0.2) is 42.6 Å². The summed E-state index contributed by atoms with van der Waals surface area (Å²) in [6.07, 6.45) is -2.74. The summed E-state index contributed by atoms with van der Waals surface area (Å²) >= 11 is 0. The van der Waals surface area contributed by atoms with Crippen LogP contribution in [0.25, 0.3) is 0 Å². The Hall–Kier alpha value is -2.24. The van der Waals surface area contributed by atoms with Crippen LogP contribution in [-0.4, -0.2) is 4.98 Å². The molecule has 3 N–H and O–H groups in total. The topological polar surface area (TPSA) is 50.9 Å². The van der Waals surface area contributed by atoms with Crippen LogP contribution in [0.1, 0.15) is 11.1 Å². The van der Waals surface area contributed by atoms with E-state index in [1.807, 2.05) is 0 Å². The predicted octanol–water partition coefficient (Wildman–Crippen LogP) is 3.29. The first kappa shape index (κ1) is 13.2. The van der Waals surface area contributed by atoms with Gasteiger partial charge in [0.1, 0.15) is 5.82 Å². The third kappa shape index (κ3) is 3.61. The quantitative estimate of drug-likeness (QED) is 0.897. The highest BCUT2D eigenvalue weighted by atomic mass is 19.4. The average molecular weight is 267 g/mol. The normalized spacial score (nSPS) is 11.3. The zero-order valence-corrected chi connectivity index (χ0v) is 9.91. The molecule has 1 aromatic heterocycles. The van der Waals surface area contributed by atoms with Gasteiger partial charge in [-0.1, -0.05) is 12.1 Å². The molecule has 1 heterocycles. The Labute approximate surface area is 108 Å². The van der Waals surface area contributed by atoms with Crippen molar-refractivity contribution in [3.63, 3.8) is 0 Å². The first-order chi connectivity index (χ1) is 8.95. The second-order valence-corrected chi connectivity index (χ2v) is 4.02. The van der Waals surface area contributed by atoms with Gasteiger partial charge in [0.25, 0.3) is 0 Å². The second-order valence-electron chi connectivity index (χ2n) is 4.02. The van der Waals surface area contributed by atoms with E-state index in [1.165, 1.54) is 12.1 Å². The van der Waals surface area contributed by atoms with Crippen molar-refractivity contribution in [3.05, 3.63) is 53.7 Å². The van der Waals surface area contributed by atoms with Crippen LogP contribution < -0.4 is 11.1 Å². The Balaban J connectivity index is 2.01. The molecule has 100 valence electrons. The number of benzene rings is 1. The summed E-state index contributed by atoms with van der Waals surface area (Å²) in [7, 11) is 0. The van der Waals surface area contributed by atoms with Gasteiger partial charge in [0, 0.05) is 24.5 Å². The van der Waals surface area contributed by atoms with E-state index in [2.05, 4.69) is 10.3 Å². The minimum absolute atomic E-state index is 0.384. The number of anilines is 2. The van der Waals surface area contributed by atoms with Gasteiger partial charge in [-0.3, -0.25) is 0 Å². The highest BCUT2D eigenvalue weighted by molar-refractivity contribution is 5.48. The highest BCUT2D eigenvalue weighted by Gasteiger charge is 2.29. The molecule has 2 aromatic rings. The smallest absolute Gasteiger partial charge is 0.399 e. The van der Waals surface area contributed by atoms with Crippen molar-refractivity contribution in [2.24, 2.45) is 0 Å². The van der Waals surface area contributed by atoms with E-state index in [4.69, 9.17) is 5.73 Å². The van der Waals surface area contributed by atoms with Crippen LogP contribution >= 0.6 is 0 Å². The zero-order chi connectivity index (χ0) is 13.9. The van der Waals surface area contributed by atoms with Crippen molar-refractivity contribution in [1.82, 2.24) is 4.98 Å². The number of nitrogen functional groups attached to an aromatic ring is 1. The van der Waals surface area contributed by atoms with E-state index in [0.717, 1.165) is 17.7 Å². The van der Waals surface area contributed by atoms with E-state index in [0.29, 0.717) is 18.1 Å². The zero-order valence-electron chi connectivity index (χ0n) is 9.91. The Morgan fingerprint density at radius 3 is 2.37 bits per heavy atom. The average Bonchev–Trinajstić information content (AvgIpc) is 2.36. The maximum Gasteiger partial charge on any atom is 0.416 e. The molecule has 3 nitrogen and oxygen atoms in total. The number of nitrogens with one attached hydrogen (secondary N) is 1.